The molecule has 140 valence electrons. The van der Waals surface area contributed by atoms with E-state index < -0.39 is 0 Å². The van der Waals surface area contributed by atoms with Crippen LogP contribution in [-0.4, -0.2) is 43.7 Å². The van der Waals surface area contributed by atoms with Crippen molar-refractivity contribution >= 4 is 35.8 Å². The summed E-state index contributed by atoms with van der Waals surface area (Å²) in [5, 5.41) is 6.95. The van der Waals surface area contributed by atoms with Gasteiger partial charge in [-0.05, 0) is 36.8 Å². The zero-order chi connectivity index (χ0) is 17.0. The van der Waals surface area contributed by atoms with Gasteiger partial charge in [0.1, 0.15) is 0 Å². The fourth-order valence-corrected chi connectivity index (χ4v) is 3.77. The molecule has 1 aromatic rings. The van der Waals surface area contributed by atoms with Crippen molar-refractivity contribution in [2.24, 2.45) is 10.4 Å². The molecule has 1 aliphatic heterocycles. The Labute approximate surface area is 166 Å². The van der Waals surface area contributed by atoms with Gasteiger partial charge in [-0.2, -0.15) is 0 Å². The van der Waals surface area contributed by atoms with Gasteiger partial charge in [0.25, 0.3) is 0 Å². The van der Waals surface area contributed by atoms with Crippen LogP contribution < -0.4 is 15.5 Å². The van der Waals surface area contributed by atoms with E-state index in [1.807, 2.05) is 4.90 Å². The number of guanidine groups is 1. The van der Waals surface area contributed by atoms with E-state index >= 15 is 0 Å². The maximum Gasteiger partial charge on any atom is 0.191 e. The van der Waals surface area contributed by atoms with Gasteiger partial charge in [0, 0.05) is 38.9 Å². The van der Waals surface area contributed by atoms with Crippen LogP contribution >= 0.6 is 24.0 Å². The van der Waals surface area contributed by atoms with E-state index in [0.717, 1.165) is 32.0 Å². The number of nitrogens with zero attached hydrogens (tertiary/aromatic N) is 3. The van der Waals surface area contributed by atoms with Crippen LogP contribution in [0.15, 0.2) is 23.3 Å². The Kier molecular flexibility index (Phi) is 7.27. The first-order valence-corrected chi connectivity index (χ1v) is 8.92. The fraction of sp³-hybridized carbons (Fsp3) is 0.667. The maximum atomic E-state index is 13.9. The van der Waals surface area contributed by atoms with Crippen LogP contribution in [0.2, 0.25) is 0 Å². The molecule has 2 N–H and O–H groups in total. The summed E-state index contributed by atoms with van der Waals surface area (Å²) in [6.07, 6.45) is 7.82. The lowest BCUT2D eigenvalue weighted by Gasteiger charge is -2.26. The molecule has 2 heterocycles. The molecule has 2 fully saturated rings. The summed E-state index contributed by atoms with van der Waals surface area (Å²) < 4.78 is 13.9. The Bertz CT molecular complexity index is 589. The van der Waals surface area contributed by atoms with Crippen LogP contribution in [0.1, 0.15) is 39.0 Å². The minimum absolute atomic E-state index is 0. The third-order valence-corrected chi connectivity index (χ3v) is 5.28. The number of pyridine rings is 1. The highest BCUT2D eigenvalue weighted by Crippen LogP contribution is 2.36. The maximum absolute atomic E-state index is 13.9. The van der Waals surface area contributed by atoms with E-state index in [1.54, 1.807) is 19.3 Å². The van der Waals surface area contributed by atoms with Crippen molar-refractivity contribution in [1.29, 1.82) is 0 Å². The summed E-state index contributed by atoms with van der Waals surface area (Å²) in [5.41, 5.74) is 0.385. The highest BCUT2D eigenvalue weighted by atomic mass is 127. The summed E-state index contributed by atoms with van der Waals surface area (Å²) in [5.74, 6) is 1.04. The summed E-state index contributed by atoms with van der Waals surface area (Å²) in [7, 11) is 1.80. The third-order valence-electron chi connectivity index (χ3n) is 5.28. The molecule has 0 bridgehead atoms. The molecule has 5 nitrogen and oxygen atoms in total. The predicted molar refractivity (Wildman–Crippen MR) is 111 cm³/mol. The molecule has 0 amide bonds. The number of hydrogen-bond donors (Lipinski definition) is 2. The molecule has 0 spiro atoms. The van der Waals surface area contributed by atoms with Crippen molar-refractivity contribution in [3.8, 4) is 0 Å². The molecule has 3 rings (SSSR count). The smallest absolute Gasteiger partial charge is 0.191 e. The largest absolute Gasteiger partial charge is 0.356 e. The second-order valence-electron chi connectivity index (χ2n) is 7.33. The molecule has 1 atom stereocenters. The topological polar surface area (TPSA) is 52.6 Å². The van der Waals surface area contributed by atoms with Gasteiger partial charge in [-0.15, -0.1) is 24.0 Å². The molecular weight excluding hydrogens is 432 g/mol. The van der Waals surface area contributed by atoms with Crippen molar-refractivity contribution < 1.29 is 4.39 Å². The first-order chi connectivity index (χ1) is 11.6. The second kappa shape index (κ2) is 9.00. The number of aliphatic imine (C=N–C) groups is 1. The molecule has 2 aliphatic rings. The number of nitrogens with one attached hydrogen (secondary N) is 2. The Morgan fingerprint density at radius 1 is 1.44 bits per heavy atom. The zero-order valence-electron chi connectivity index (χ0n) is 15.1. The van der Waals surface area contributed by atoms with Crippen LogP contribution in [0.25, 0.3) is 0 Å². The fourth-order valence-electron chi connectivity index (χ4n) is 3.77. The van der Waals surface area contributed by atoms with Crippen molar-refractivity contribution in [3.63, 3.8) is 0 Å². The van der Waals surface area contributed by atoms with Crippen LogP contribution in [0, 0.1) is 11.2 Å². The van der Waals surface area contributed by atoms with E-state index in [-0.39, 0.29) is 35.8 Å². The average Bonchev–Trinajstić information content (AvgIpc) is 3.21. The zero-order valence-corrected chi connectivity index (χ0v) is 17.4. The van der Waals surface area contributed by atoms with Gasteiger partial charge in [-0.25, -0.2) is 9.37 Å². The lowest BCUT2D eigenvalue weighted by Crippen LogP contribution is -2.47. The van der Waals surface area contributed by atoms with Crippen LogP contribution in [0.5, 0.6) is 0 Å². The molecule has 0 radical (unpaired) electrons. The van der Waals surface area contributed by atoms with Gasteiger partial charge >= 0.3 is 0 Å². The normalized spacial score (nSPS) is 22.6. The summed E-state index contributed by atoms with van der Waals surface area (Å²) in [6.45, 7) is 4.85. The standard InChI is InChI=1S/C18H28FN5.HI/c1-18(8-3-4-9-18)13-22-17(20-2)23-14-7-11-24(12-14)16-15(19)6-5-10-21-16;/h5-6,10,14H,3-4,7-9,11-13H2,1-2H3,(H2,20,22,23);1H. The Morgan fingerprint density at radius 3 is 2.88 bits per heavy atom. The second-order valence-corrected chi connectivity index (χ2v) is 7.33. The molecule has 1 aliphatic carbocycles. The van der Waals surface area contributed by atoms with Crippen LogP contribution in [-0.2, 0) is 0 Å². The first-order valence-electron chi connectivity index (χ1n) is 8.92. The van der Waals surface area contributed by atoms with Gasteiger partial charge in [0.05, 0.1) is 0 Å². The lowest BCUT2D eigenvalue weighted by atomic mass is 9.89. The van der Waals surface area contributed by atoms with E-state index in [1.165, 1.54) is 31.7 Å². The van der Waals surface area contributed by atoms with E-state index in [4.69, 9.17) is 0 Å². The predicted octanol–water partition coefficient (Wildman–Crippen LogP) is 3.16. The minimum Gasteiger partial charge on any atom is -0.356 e. The number of aromatic nitrogens is 1. The molecule has 1 unspecified atom stereocenters. The van der Waals surface area contributed by atoms with Crippen molar-refractivity contribution in [2.75, 3.05) is 31.6 Å². The Balaban J connectivity index is 0.00000225. The molecular formula is C18H29FIN5. The monoisotopic (exact) mass is 461 g/mol. The molecule has 1 aromatic heterocycles. The Hall–Kier alpha value is -1.12. The van der Waals surface area contributed by atoms with E-state index in [9.17, 15) is 4.39 Å². The number of rotatable bonds is 4. The SMILES string of the molecule is CN=C(NCC1(C)CCCC1)NC1CCN(c2ncccc2F)C1.I. The van der Waals surface area contributed by atoms with E-state index in [0.29, 0.717) is 11.2 Å². The molecule has 0 aromatic carbocycles. The van der Waals surface area contributed by atoms with Crippen LogP contribution in [0.4, 0.5) is 10.2 Å². The van der Waals surface area contributed by atoms with Gasteiger partial charge in [0.2, 0.25) is 0 Å². The number of halogens is 2. The van der Waals surface area contributed by atoms with Gasteiger partial charge in [0.15, 0.2) is 17.6 Å². The van der Waals surface area contributed by atoms with Gasteiger partial charge in [-0.3, -0.25) is 4.99 Å². The molecule has 7 heteroatoms. The number of anilines is 1. The van der Waals surface area contributed by atoms with Crippen LogP contribution in [0.3, 0.4) is 0 Å². The third kappa shape index (κ3) is 5.18. The molecule has 1 saturated carbocycles. The molecule has 1 saturated heterocycles. The first kappa shape index (κ1) is 20.2. The van der Waals surface area contributed by atoms with Gasteiger partial charge < -0.3 is 15.5 Å². The minimum atomic E-state index is -0.255. The van der Waals surface area contributed by atoms with Crippen molar-refractivity contribution in [3.05, 3.63) is 24.1 Å². The summed E-state index contributed by atoms with van der Waals surface area (Å²) in [6, 6.07) is 3.35. The van der Waals surface area contributed by atoms with Crippen molar-refractivity contribution in [1.82, 2.24) is 15.6 Å². The summed E-state index contributed by atoms with van der Waals surface area (Å²) in [4.78, 5) is 10.5. The quantitative estimate of drug-likeness (QED) is 0.411. The summed E-state index contributed by atoms with van der Waals surface area (Å²) >= 11 is 0. The van der Waals surface area contributed by atoms with Gasteiger partial charge in [-0.1, -0.05) is 19.8 Å². The van der Waals surface area contributed by atoms with E-state index in [2.05, 4.69) is 27.5 Å². The average molecular weight is 461 g/mol. The Morgan fingerprint density at radius 2 is 2.20 bits per heavy atom. The lowest BCUT2D eigenvalue weighted by molar-refractivity contribution is 0.333. The number of hydrogen-bond acceptors (Lipinski definition) is 3. The molecule has 25 heavy (non-hydrogen) atoms. The highest BCUT2D eigenvalue weighted by molar-refractivity contribution is 14.0. The van der Waals surface area contributed by atoms with Crippen molar-refractivity contribution in [2.45, 2.75) is 45.1 Å². The highest BCUT2D eigenvalue weighted by Gasteiger charge is 2.29.